The third kappa shape index (κ3) is 5.70. The molecule has 0 fully saturated rings. The fourth-order valence-corrected chi connectivity index (χ4v) is 2.79. The van der Waals surface area contributed by atoms with E-state index in [1.54, 1.807) is 0 Å². The quantitative estimate of drug-likeness (QED) is 0.769. The smallest absolute Gasteiger partial charge is 0.120 e. The second-order valence-corrected chi connectivity index (χ2v) is 6.38. The van der Waals surface area contributed by atoms with Gasteiger partial charge >= 0.3 is 0 Å². The van der Waals surface area contributed by atoms with E-state index in [0.29, 0.717) is 19.1 Å². The van der Waals surface area contributed by atoms with Crippen LogP contribution in [0.5, 0.6) is 5.75 Å². The first-order valence-corrected chi connectivity index (χ1v) is 8.17. The Morgan fingerprint density at radius 1 is 1.14 bits per heavy atom. The molecular formula is C17H19BrClNO. The van der Waals surface area contributed by atoms with Crippen molar-refractivity contribution in [3.05, 3.63) is 63.6 Å². The van der Waals surface area contributed by atoms with Gasteiger partial charge in [0.1, 0.15) is 5.75 Å². The topological polar surface area (TPSA) is 35.2 Å². The van der Waals surface area contributed by atoms with Crippen LogP contribution in [0.25, 0.3) is 0 Å². The molecule has 0 aliphatic heterocycles. The van der Waals surface area contributed by atoms with Gasteiger partial charge in [0.05, 0.1) is 6.61 Å². The number of hydrogen-bond donors (Lipinski definition) is 1. The van der Waals surface area contributed by atoms with E-state index in [1.807, 2.05) is 42.5 Å². The van der Waals surface area contributed by atoms with Gasteiger partial charge in [-0.1, -0.05) is 45.7 Å². The van der Waals surface area contributed by atoms with Gasteiger partial charge in [-0.2, -0.15) is 0 Å². The molecule has 0 aromatic heterocycles. The number of ether oxygens (including phenoxy) is 1. The lowest BCUT2D eigenvalue weighted by Gasteiger charge is -2.15. The van der Waals surface area contributed by atoms with Crippen LogP contribution in [0, 0.1) is 5.92 Å². The molecule has 4 heteroatoms. The molecule has 21 heavy (non-hydrogen) atoms. The lowest BCUT2D eigenvalue weighted by molar-refractivity contribution is 0.278. The van der Waals surface area contributed by atoms with Crippen LogP contribution in [0.3, 0.4) is 0 Å². The fourth-order valence-electron chi connectivity index (χ4n) is 2.20. The van der Waals surface area contributed by atoms with Crippen molar-refractivity contribution in [3.8, 4) is 5.75 Å². The van der Waals surface area contributed by atoms with E-state index < -0.39 is 0 Å². The maximum absolute atomic E-state index is 6.01. The van der Waals surface area contributed by atoms with Crippen LogP contribution < -0.4 is 10.5 Å². The van der Waals surface area contributed by atoms with E-state index in [9.17, 15) is 0 Å². The van der Waals surface area contributed by atoms with Crippen LogP contribution in [0.2, 0.25) is 5.02 Å². The molecule has 0 heterocycles. The van der Waals surface area contributed by atoms with E-state index in [4.69, 9.17) is 22.1 Å². The van der Waals surface area contributed by atoms with Gasteiger partial charge in [0.15, 0.2) is 0 Å². The highest BCUT2D eigenvalue weighted by atomic mass is 79.9. The van der Waals surface area contributed by atoms with Gasteiger partial charge < -0.3 is 10.5 Å². The molecule has 2 N–H and O–H groups in total. The van der Waals surface area contributed by atoms with Gasteiger partial charge in [0.2, 0.25) is 0 Å². The monoisotopic (exact) mass is 367 g/mol. The van der Waals surface area contributed by atoms with E-state index in [-0.39, 0.29) is 0 Å². The minimum Gasteiger partial charge on any atom is -0.494 e. The highest BCUT2D eigenvalue weighted by Crippen LogP contribution is 2.19. The maximum Gasteiger partial charge on any atom is 0.120 e. The number of hydrogen-bond acceptors (Lipinski definition) is 2. The molecule has 0 saturated carbocycles. The summed E-state index contributed by atoms with van der Waals surface area (Å²) in [5, 5.41) is 0.772. The molecule has 0 spiro atoms. The van der Waals surface area contributed by atoms with Gasteiger partial charge in [0, 0.05) is 9.50 Å². The normalized spacial score (nSPS) is 12.1. The SMILES string of the molecule is NCC(CCOc1cccc(Br)c1)Cc1cccc(Cl)c1. The molecule has 2 aromatic rings. The summed E-state index contributed by atoms with van der Waals surface area (Å²) >= 11 is 9.45. The van der Waals surface area contributed by atoms with Crippen molar-refractivity contribution in [2.24, 2.45) is 11.7 Å². The first kappa shape index (κ1) is 16.3. The third-order valence-corrected chi connectivity index (χ3v) is 4.07. The zero-order chi connectivity index (χ0) is 15.1. The Balaban J connectivity index is 1.82. The minimum atomic E-state index is 0.399. The summed E-state index contributed by atoms with van der Waals surface area (Å²) in [4.78, 5) is 0. The molecule has 1 unspecified atom stereocenters. The maximum atomic E-state index is 6.01. The van der Waals surface area contributed by atoms with Crippen molar-refractivity contribution in [3.63, 3.8) is 0 Å². The van der Waals surface area contributed by atoms with Gasteiger partial charge in [-0.25, -0.2) is 0 Å². The van der Waals surface area contributed by atoms with Gasteiger partial charge in [0.25, 0.3) is 0 Å². The lowest BCUT2D eigenvalue weighted by Crippen LogP contribution is -2.19. The Kier molecular flexibility index (Phi) is 6.55. The van der Waals surface area contributed by atoms with E-state index in [0.717, 1.165) is 28.1 Å². The molecule has 2 nitrogen and oxygen atoms in total. The first-order chi connectivity index (χ1) is 10.2. The molecule has 112 valence electrons. The number of nitrogens with two attached hydrogens (primary N) is 1. The Labute approximate surface area is 139 Å². The summed E-state index contributed by atoms with van der Waals surface area (Å²) in [7, 11) is 0. The van der Waals surface area contributed by atoms with E-state index in [1.165, 1.54) is 5.56 Å². The van der Waals surface area contributed by atoms with Crippen LogP contribution in [0.1, 0.15) is 12.0 Å². The second kappa shape index (κ2) is 8.42. The van der Waals surface area contributed by atoms with Gasteiger partial charge in [-0.05, 0) is 61.2 Å². The molecule has 0 aliphatic rings. The van der Waals surface area contributed by atoms with Crippen molar-refractivity contribution in [2.45, 2.75) is 12.8 Å². The molecule has 0 aliphatic carbocycles. The highest BCUT2D eigenvalue weighted by Gasteiger charge is 2.09. The Morgan fingerprint density at radius 3 is 2.67 bits per heavy atom. The summed E-state index contributed by atoms with van der Waals surface area (Å²) in [6.07, 6.45) is 1.86. The average Bonchev–Trinajstić information content (AvgIpc) is 2.46. The Morgan fingerprint density at radius 2 is 1.95 bits per heavy atom. The van der Waals surface area contributed by atoms with Crippen LogP contribution in [-0.2, 0) is 6.42 Å². The fraction of sp³-hybridized carbons (Fsp3) is 0.294. The molecule has 2 aromatic carbocycles. The molecule has 0 amide bonds. The summed E-state index contributed by atoms with van der Waals surface area (Å²) in [6, 6.07) is 15.8. The molecule has 0 radical (unpaired) electrons. The molecule has 0 saturated heterocycles. The zero-order valence-corrected chi connectivity index (χ0v) is 14.1. The van der Waals surface area contributed by atoms with Crippen LogP contribution in [0.15, 0.2) is 53.0 Å². The molecule has 2 rings (SSSR count). The average molecular weight is 369 g/mol. The highest BCUT2D eigenvalue weighted by molar-refractivity contribution is 9.10. The summed E-state index contributed by atoms with van der Waals surface area (Å²) in [5.41, 5.74) is 7.09. The van der Waals surface area contributed by atoms with Gasteiger partial charge in [-0.3, -0.25) is 0 Å². The van der Waals surface area contributed by atoms with Crippen molar-refractivity contribution in [1.82, 2.24) is 0 Å². The molecule has 1 atom stereocenters. The summed E-state index contributed by atoms with van der Waals surface area (Å²) in [5.74, 6) is 1.28. The van der Waals surface area contributed by atoms with Crippen molar-refractivity contribution in [1.29, 1.82) is 0 Å². The Bertz CT molecular complexity index is 576. The predicted molar refractivity (Wildman–Crippen MR) is 92.0 cm³/mol. The number of rotatable bonds is 7. The zero-order valence-electron chi connectivity index (χ0n) is 11.8. The summed E-state index contributed by atoms with van der Waals surface area (Å²) in [6.45, 7) is 1.31. The predicted octanol–water partition coefficient (Wildman–Crippen LogP) is 4.69. The van der Waals surface area contributed by atoms with Gasteiger partial charge in [-0.15, -0.1) is 0 Å². The number of halogens is 2. The largest absolute Gasteiger partial charge is 0.494 e. The van der Waals surface area contributed by atoms with E-state index in [2.05, 4.69) is 22.0 Å². The van der Waals surface area contributed by atoms with Crippen LogP contribution in [-0.4, -0.2) is 13.2 Å². The second-order valence-electron chi connectivity index (χ2n) is 5.03. The lowest BCUT2D eigenvalue weighted by atomic mass is 9.97. The standard InChI is InChI=1S/C17H19BrClNO/c18-15-4-2-6-17(11-15)21-8-7-14(12-20)9-13-3-1-5-16(19)10-13/h1-6,10-11,14H,7-9,12,20H2. The van der Waals surface area contributed by atoms with E-state index >= 15 is 0 Å². The minimum absolute atomic E-state index is 0.399. The van der Waals surface area contributed by atoms with Crippen molar-refractivity contribution >= 4 is 27.5 Å². The molecule has 0 bridgehead atoms. The van der Waals surface area contributed by atoms with Crippen LogP contribution in [0.4, 0.5) is 0 Å². The third-order valence-electron chi connectivity index (χ3n) is 3.34. The van der Waals surface area contributed by atoms with Crippen molar-refractivity contribution in [2.75, 3.05) is 13.2 Å². The summed E-state index contributed by atoms with van der Waals surface area (Å²) < 4.78 is 6.79. The first-order valence-electron chi connectivity index (χ1n) is 7.00. The number of benzene rings is 2. The molecular weight excluding hydrogens is 350 g/mol. The van der Waals surface area contributed by atoms with Crippen molar-refractivity contribution < 1.29 is 4.74 Å². The van der Waals surface area contributed by atoms with Crippen LogP contribution >= 0.6 is 27.5 Å². The Hall–Kier alpha value is -1.03.